The van der Waals surface area contributed by atoms with Crippen molar-refractivity contribution in [3.63, 3.8) is 0 Å². The van der Waals surface area contributed by atoms with Crippen LogP contribution in [0.3, 0.4) is 0 Å². The van der Waals surface area contributed by atoms with E-state index in [2.05, 4.69) is 4.74 Å². The summed E-state index contributed by atoms with van der Waals surface area (Å²) >= 11 is 0. The normalized spacial score (nSPS) is 11.5. The predicted molar refractivity (Wildman–Crippen MR) is 85.8 cm³/mol. The number of hydrogen-bond acceptors (Lipinski definition) is 4. The van der Waals surface area contributed by atoms with Gasteiger partial charge in [0.15, 0.2) is 6.61 Å². The van der Waals surface area contributed by atoms with Crippen molar-refractivity contribution in [1.29, 1.82) is 0 Å². The van der Waals surface area contributed by atoms with Crippen LogP contribution in [-0.2, 0) is 14.9 Å². The Labute approximate surface area is 159 Å². The van der Waals surface area contributed by atoms with Crippen LogP contribution in [0, 0.1) is 0 Å². The summed E-state index contributed by atoms with van der Waals surface area (Å²) < 4.78 is 59.3. The van der Waals surface area contributed by atoms with Crippen molar-refractivity contribution in [3.05, 3.63) is 60.2 Å². The number of esters is 1. The number of hydrogen-bond donors (Lipinski definition) is 1. The fourth-order valence-electron chi connectivity index (χ4n) is 1.74. The fraction of sp³-hybridized carbons (Fsp3) is 0.133. The Morgan fingerprint density at radius 3 is 2.00 bits per heavy atom. The van der Waals surface area contributed by atoms with Crippen LogP contribution in [0.1, 0.15) is 10.4 Å². The van der Waals surface area contributed by atoms with Gasteiger partial charge in [-0.15, -0.1) is 0 Å². The maximum atomic E-state index is 13.0. The molecule has 24 heavy (non-hydrogen) atoms. The molecule has 0 aliphatic rings. The molecule has 0 aliphatic carbocycles. The average molecular weight is 366 g/mol. The van der Waals surface area contributed by atoms with Crippen LogP contribution in [0.5, 0.6) is 0 Å². The van der Waals surface area contributed by atoms with Gasteiger partial charge in [-0.05, 0) is 23.3 Å². The van der Waals surface area contributed by atoms with E-state index in [9.17, 15) is 22.0 Å². The molecule has 0 radical (unpaired) electrons. The second-order valence-corrected chi connectivity index (χ2v) is 6.18. The van der Waals surface area contributed by atoms with Gasteiger partial charge < -0.3 is 4.74 Å². The Balaban J connectivity index is 0.00000288. The molecule has 0 bridgehead atoms. The van der Waals surface area contributed by atoms with Gasteiger partial charge in [-0.3, -0.25) is 4.55 Å². The van der Waals surface area contributed by atoms with Crippen molar-refractivity contribution in [2.75, 3.05) is 6.61 Å². The summed E-state index contributed by atoms with van der Waals surface area (Å²) in [7, 11) is -5.63. The summed E-state index contributed by atoms with van der Waals surface area (Å²) in [6, 6.07) is 15.2. The number of ether oxygens (including phenoxy) is 1. The van der Waals surface area contributed by atoms with Gasteiger partial charge in [-0.2, -0.15) is 17.2 Å². The Morgan fingerprint density at radius 1 is 1.00 bits per heavy atom. The molecule has 124 valence electrons. The van der Waals surface area contributed by atoms with Crippen LogP contribution in [0.15, 0.2) is 54.6 Å². The van der Waals surface area contributed by atoms with Crippen molar-refractivity contribution < 1.29 is 31.3 Å². The van der Waals surface area contributed by atoms with Crippen LogP contribution < -0.4 is 0 Å². The van der Waals surface area contributed by atoms with E-state index in [1.807, 2.05) is 30.3 Å². The molecular formula is C15H13F2NaO5S. The minimum absolute atomic E-state index is 0. The Kier molecular flexibility index (Phi) is 7.06. The molecular weight excluding hydrogens is 353 g/mol. The van der Waals surface area contributed by atoms with E-state index in [1.54, 1.807) is 12.1 Å². The Morgan fingerprint density at radius 2 is 1.50 bits per heavy atom. The number of carbonyl (C=O) groups is 1. The van der Waals surface area contributed by atoms with Crippen molar-refractivity contribution >= 4 is 45.6 Å². The number of alkyl halides is 2. The molecule has 0 aromatic heterocycles. The van der Waals surface area contributed by atoms with Crippen LogP contribution in [0.4, 0.5) is 8.78 Å². The first kappa shape index (κ1) is 20.7. The fourth-order valence-corrected chi connectivity index (χ4v) is 1.94. The third-order valence-corrected chi connectivity index (χ3v) is 3.85. The van der Waals surface area contributed by atoms with Gasteiger partial charge in [-0.1, -0.05) is 42.5 Å². The molecule has 0 aliphatic heterocycles. The molecule has 0 fully saturated rings. The van der Waals surface area contributed by atoms with E-state index < -0.39 is 27.9 Å². The molecule has 0 heterocycles. The molecule has 0 atom stereocenters. The monoisotopic (exact) mass is 366 g/mol. The van der Waals surface area contributed by atoms with Gasteiger partial charge >= 0.3 is 50.9 Å². The summed E-state index contributed by atoms with van der Waals surface area (Å²) in [6.07, 6.45) is 0. The van der Waals surface area contributed by atoms with E-state index >= 15 is 0 Å². The molecule has 0 saturated heterocycles. The van der Waals surface area contributed by atoms with E-state index in [4.69, 9.17) is 4.55 Å². The second kappa shape index (κ2) is 8.17. The molecule has 2 aromatic carbocycles. The molecule has 1 N–H and O–H groups in total. The van der Waals surface area contributed by atoms with Gasteiger partial charge in [0, 0.05) is 0 Å². The third kappa shape index (κ3) is 5.09. The summed E-state index contributed by atoms with van der Waals surface area (Å²) in [6.45, 7) is -1.76. The standard InChI is InChI=1S/C15H12F2O5S.Na.H/c16-15(17,23(19,20)21)10-22-14(18)13-8-6-12(7-9-13)11-4-2-1-3-5-11;;/h1-9H,10H2,(H,19,20,21);;. The zero-order chi connectivity index (χ0) is 17.1. The van der Waals surface area contributed by atoms with E-state index in [-0.39, 0.29) is 35.1 Å². The van der Waals surface area contributed by atoms with Gasteiger partial charge in [0.05, 0.1) is 5.56 Å². The topological polar surface area (TPSA) is 80.7 Å². The predicted octanol–water partition coefficient (Wildman–Crippen LogP) is 2.34. The number of benzene rings is 2. The Hall–Kier alpha value is -1.32. The summed E-state index contributed by atoms with van der Waals surface area (Å²) in [5.74, 6) is -1.12. The summed E-state index contributed by atoms with van der Waals surface area (Å²) in [5.41, 5.74) is 1.70. The molecule has 2 rings (SSSR count). The SMILES string of the molecule is O=C(OCC(F)(F)S(=O)(=O)O)c1ccc(-c2ccccc2)cc1.[NaH]. The van der Waals surface area contributed by atoms with Crippen molar-refractivity contribution in [2.24, 2.45) is 0 Å². The number of carbonyl (C=O) groups excluding carboxylic acids is 1. The third-order valence-electron chi connectivity index (χ3n) is 2.98. The zero-order valence-corrected chi connectivity index (χ0v) is 12.5. The average Bonchev–Trinajstić information content (AvgIpc) is 2.52. The summed E-state index contributed by atoms with van der Waals surface area (Å²) in [5, 5.41) is -4.55. The van der Waals surface area contributed by atoms with Crippen LogP contribution in [0.25, 0.3) is 11.1 Å². The first-order chi connectivity index (χ1) is 10.7. The zero-order valence-electron chi connectivity index (χ0n) is 11.6. The first-order valence-corrected chi connectivity index (χ1v) is 7.82. The van der Waals surface area contributed by atoms with Gasteiger partial charge in [-0.25, -0.2) is 4.79 Å². The maximum absolute atomic E-state index is 13.0. The van der Waals surface area contributed by atoms with Gasteiger partial charge in [0.2, 0.25) is 0 Å². The first-order valence-electron chi connectivity index (χ1n) is 6.38. The van der Waals surface area contributed by atoms with Crippen LogP contribution in [-0.4, -0.2) is 60.4 Å². The molecule has 2 aromatic rings. The van der Waals surface area contributed by atoms with E-state index in [0.29, 0.717) is 0 Å². The van der Waals surface area contributed by atoms with Crippen molar-refractivity contribution in [2.45, 2.75) is 5.25 Å². The van der Waals surface area contributed by atoms with Crippen molar-refractivity contribution in [3.8, 4) is 11.1 Å². The van der Waals surface area contributed by atoms with Crippen molar-refractivity contribution in [1.82, 2.24) is 0 Å². The van der Waals surface area contributed by atoms with Gasteiger partial charge in [0.1, 0.15) is 0 Å². The molecule has 0 amide bonds. The molecule has 0 unspecified atom stereocenters. The quantitative estimate of drug-likeness (QED) is 0.499. The summed E-state index contributed by atoms with van der Waals surface area (Å²) in [4.78, 5) is 11.6. The molecule has 0 saturated carbocycles. The molecule has 9 heteroatoms. The van der Waals surface area contributed by atoms with Gasteiger partial charge in [0.25, 0.3) is 0 Å². The van der Waals surface area contributed by atoms with E-state index in [0.717, 1.165) is 11.1 Å². The number of halogens is 2. The van der Waals surface area contributed by atoms with Crippen LogP contribution >= 0.6 is 0 Å². The Bertz CT molecular complexity index is 792. The second-order valence-electron chi connectivity index (χ2n) is 4.63. The number of rotatable bonds is 5. The molecule has 0 spiro atoms. The molecule has 5 nitrogen and oxygen atoms in total. The minimum atomic E-state index is -5.63. The van der Waals surface area contributed by atoms with Crippen LogP contribution in [0.2, 0.25) is 0 Å². The van der Waals surface area contributed by atoms with E-state index in [1.165, 1.54) is 12.1 Å².